The largest absolute Gasteiger partial charge is 0.481 e. The smallest absolute Gasteiger partial charge is 0.265 e. The monoisotopic (exact) mass is 312 g/mol. The number of benzene rings is 2. The quantitative estimate of drug-likeness (QED) is 0.858. The first-order chi connectivity index (χ1) is 11.1. The molecule has 0 bridgehead atoms. The number of anilines is 2. The van der Waals surface area contributed by atoms with Gasteiger partial charge in [0.1, 0.15) is 5.75 Å². The maximum absolute atomic E-state index is 12.1. The summed E-state index contributed by atoms with van der Waals surface area (Å²) in [5.41, 5.74) is 1.34. The Morgan fingerprint density at radius 1 is 0.957 bits per heavy atom. The van der Waals surface area contributed by atoms with Crippen molar-refractivity contribution in [3.8, 4) is 5.75 Å². The van der Waals surface area contributed by atoms with E-state index in [0.29, 0.717) is 23.5 Å². The second-order valence-corrected chi connectivity index (χ2v) is 5.04. The number of para-hydroxylation sites is 1. The third kappa shape index (κ3) is 5.14. The highest BCUT2D eigenvalue weighted by molar-refractivity contribution is 5.95. The van der Waals surface area contributed by atoms with Gasteiger partial charge < -0.3 is 15.4 Å². The predicted molar refractivity (Wildman–Crippen MR) is 90.5 cm³/mol. The zero-order valence-corrected chi connectivity index (χ0v) is 13.2. The van der Waals surface area contributed by atoms with Gasteiger partial charge in [-0.2, -0.15) is 0 Å². The molecule has 1 atom stereocenters. The van der Waals surface area contributed by atoms with E-state index in [2.05, 4.69) is 10.6 Å². The zero-order chi connectivity index (χ0) is 16.7. The third-order valence-corrected chi connectivity index (χ3v) is 3.18. The SMILES string of the molecule is CCC(=O)Nc1ccc(NC(=O)[C@@H](C)Oc2ccccc2)cc1. The molecule has 0 fully saturated rings. The number of carbonyl (C=O) groups is 2. The lowest BCUT2D eigenvalue weighted by Gasteiger charge is -2.15. The molecule has 23 heavy (non-hydrogen) atoms. The molecule has 0 aromatic heterocycles. The van der Waals surface area contributed by atoms with Crippen LogP contribution in [0.25, 0.3) is 0 Å². The third-order valence-electron chi connectivity index (χ3n) is 3.18. The van der Waals surface area contributed by atoms with Gasteiger partial charge in [-0.1, -0.05) is 25.1 Å². The molecule has 0 aliphatic carbocycles. The molecule has 0 spiro atoms. The van der Waals surface area contributed by atoms with Gasteiger partial charge in [-0.15, -0.1) is 0 Å². The Balaban J connectivity index is 1.90. The Morgan fingerprint density at radius 2 is 1.52 bits per heavy atom. The van der Waals surface area contributed by atoms with Crippen LogP contribution in [0.1, 0.15) is 20.3 Å². The maximum Gasteiger partial charge on any atom is 0.265 e. The van der Waals surface area contributed by atoms with E-state index in [1.165, 1.54) is 0 Å². The van der Waals surface area contributed by atoms with Crippen molar-refractivity contribution >= 4 is 23.2 Å². The Morgan fingerprint density at radius 3 is 2.09 bits per heavy atom. The van der Waals surface area contributed by atoms with Crippen molar-refractivity contribution in [2.45, 2.75) is 26.4 Å². The first kappa shape index (κ1) is 16.5. The minimum atomic E-state index is -0.614. The molecule has 0 aliphatic rings. The topological polar surface area (TPSA) is 67.4 Å². The lowest BCUT2D eigenvalue weighted by atomic mass is 10.2. The van der Waals surface area contributed by atoms with Crippen molar-refractivity contribution in [1.29, 1.82) is 0 Å². The highest BCUT2D eigenvalue weighted by atomic mass is 16.5. The molecule has 5 nitrogen and oxygen atoms in total. The van der Waals surface area contributed by atoms with Crippen LogP contribution in [0, 0.1) is 0 Å². The van der Waals surface area contributed by atoms with E-state index in [9.17, 15) is 9.59 Å². The zero-order valence-electron chi connectivity index (χ0n) is 13.2. The summed E-state index contributed by atoms with van der Waals surface area (Å²) in [5, 5.41) is 5.53. The minimum Gasteiger partial charge on any atom is -0.481 e. The van der Waals surface area contributed by atoms with Crippen LogP contribution in [0.3, 0.4) is 0 Å². The molecule has 5 heteroatoms. The predicted octanol–water partition coefficient (Wildman–Crippen LogP) is 3.44. The molecule has 2 amide bonds. The molecule has 0 saturated carbocycles. The molecule has 2 aromatic carbocycles. The van der Waals surface area contributed by atoms with E-state index in [4.69, 9.17) is 4.74 Å². The van der Waals surface area contributed by atoms with Crippen molar-refractivity contribution in [3.63, 3.8) is 0 Å². The van der Waals surface area contributed by atoms with E-state index < -0.39 is 6.10 Å². The van der Waals surface area contributed by atoms with Gasteiger partial charge in [-0.05, 0) is 43.3 Å². The Bertz CT molecular complexity index is 654. The number of carbonyl (C=O) groups excluding carboxylic acids is 2. The minimum absolute atomic E-state index is 0.0494. The Labute approximate surface area is 135 Å². The lowest BCUT2D eigenvalue weighted by molar-refractivity contribution is -0.122. The summed E-state index contributed by atoms with van der Waals surface area (Å²) in [7, 11) is 0. The lowest BCUT2D eigenvalue weighted by Crippen LogP contribution is -2.30. The van der Waals surface area contributed by atoms with Crippen LogP contribution >= 0.6 is 0 Å². The van der Waals surface area contributed by atoms with Gasteiger partial charge in [0.2, 0.25) is 5.91 Å². The number of rotatable bonds is 6. The first-order valence-electron chi connectivity index (χ1n) is 7.51. The van der Waals surface area contributed by atoms with Crippen LogP contribution in [0.2, 0.25) is 0 Å². The first-order valence-corrected chi connectivity index (χ1v) is 7.51. The van der Waals surface area contributed by atoms with Crippen molar-refractivity contribution in [3.05, 3.63) is 54.6 Å². The second kappa shape index (κ2) is 7.98. The number of hydrogen-bond donors (Lipinski definition) is 2. The number of nitrogens with one attached hydrogen (secondary N) is 2. The second-order valence-electron chi connectivity index (χ2n) is 5.04. The molecule has 0 heterocycles. The summed E-state index contributed by atoms with van der Waals surface area (Å²) >= 11 is 0. The molecule has 120 valence electrons. The summed E-state index contributed by atoms with van der Waals surface area (Å²) in [4.78, 5) is 23.4. The van der Waals surface area contributed by atoms with Crippen molar-refractivity contribution < 1.29 is 14.3 Å². The van der Waals surface area contributed by atoms with E-state index in [0.717, 1.165) is 0 Å². The summed E-state index contributed by atoms with van der Waals surface area (Å²) in [6.45, 7) is 3.48. The number of ether oxygens (including phenoxy) is 1. The van der Waals surface area contributed by atoms with Gasteiger partial charge in [-0.25, -0.2) is 0 Å². The molecule has 0 radical (unpaired) electrons. The molecule has 0 unspecified atom stereocenters. The average Bonchev–Trinajstić information content (AvgIpc) is 2.57. The molecular weight excluding hydrogens is 292 g/mol. The summed E-state index contributed by atoms with van der Waals surface area (Å²) in [6.07, 6.45) is -0.191. The van der Waals surface area contributed by atoms with Gasteiger partial charge >= 0.3 is 0 Å². The van der Waals surface area contributed by atoms with E-state index in [-0.39, 0.29) is 11.8 Å². The van der Waals surface area contributed by atoms with Crippen LogP contribution in [-0.4, -0.2) is 17.9 Å². The number of hydrogen-bond acceptors (Lipinski definition) is 3. The number of amides is 2. The van der Waals surface area contributed by atoms with E-state index >= 15 is 0 Å². The molecule has 0 saturated heterocycles. The molecule has 0 aliphatic heterocycles. The summed E-state index contributed by atoms with van der Waals surface area (Å²) in [5.74, 6) is 0.360. The molecular formula is C18H20N2O3. The van der Waals surface area contributed by atoms with E-state index in [1.807, 2.05) is 18.2 Å². The Hall–Kier alpha value is -2.82. The van der Waals surface area contributed by atoms with Crippen molar-refractivity contribution in [2.75, 3.05) is 10.6 Å². The van der Waals surface area contributed by atoms with Crippen LogP contribution in [-0.2, 0) is 9.59 Å². The van der Waals surface area contributed by atoms with Crippen LogP contribution in [0.15, 0.2) is 54.6 Å². The van der Waals surface area contributed by atoms with Gasteiger partial charge in [0, 0.05) is 17.8 Å². The van der Waals surface area contributed by atoms with Crippen LogP contribution in [0.4, 0.5) is 11.4 Å². The van der Waals surface area contributed by atoms with E-state index in [1.54, 1.807) is 50.2 Å². The van der Waals surface area contributed by atoms with Crippen molar-refractivity contribution in [1.82, 2.24) is 0 Å². The standard InChI is InChI=1S/C18H20N2O3/c1-3-17(21)19-14-9-11-15(12-10-14)20-18(22)13(2)23-16-7-5-4-6-8-16/h4-13H,3H2,1-2H3,(H,19,21)(H,20,22)/t13-/m1/s1. The maximum atomic E-state index is 12.1. The summed E-state index contributed by atoms with van der Waals surface area (Å²) < 4.78 is 5.57. The van der Waals surface area contributed by atoms with Crippen LogP contribution in [0.5, 0.6) is 5.75 Å². The highest BCUT2D eigenvalue weighted by Crippen LogP contribution is 2.15. The Kier molecular flexibility index (Phi) is 5.74. The van der Waals surface area contributed by atoms with Gasteiger partial charge in [-0.3, -0.25) is 9.59 Å². The fraction of sp³-hybridized carbons (Fsp3) is 0.222. The molecule has 2 N–H and O–H groups in total. The average molecular weight is 312 g/mol. The van der Waals surface area contributed by atoms with Crippen molar-refractivity contribution in [2.24, 2.45) is 0 Å². The van der Waals surface area contributed by atoms with Gasteiger partial charge in [0.05, 0.1) is 0 Å². The normalized spacial score (nSPS) is 11.4. The fourth-order valence-electron chi connectivity index (χ4n) is 1.89. The van der Waals surface area contributed by atoms with Crippen LogP contribution < -0.4 is 15.4 Å². The summed E-state index contributed by atoms with van der Waals surface area (Å²) in [6, 6.07) is 16.1. The molecule has 2 aromatic rings. The molecule has 2 rings (SSSR count). The fourth-order valence-corrected chi connectivity index (χ4v) is 1.89. The van der Waals surface area contributed by atoms with Gasteiger partial charge in [0.25, 0.3) is 5.91 Å². The van der Waals surface area contributed by atoms with Gasteiger partial charge in [0.15, 0.2) is 6.10 Å². The highest BCUT2D eigenvalue weighted by Gasteiger charge is 2.14.